The summed E-state index contributed by atoms with van der Waals surface area (Å²) in [6.07, 6.45) is 3.06. The summed E-state index contributed by atoms with van der Waals surface area (Å²) < 4.78 is 22.9. The van der Waals surface area contributed by atoms with Crippen LogP contribution in [0, 0.1) is 25.2 Å². The van der Waals surface area contributed by atoms with Crippen LogP contribution in [-0.4, -0.2) is 68.6 Å². The van der Waals surface area contributed by atoms with Gasteiger partial charge in [-0.25, -0.2) is 0 Å². The van der Waals surface area contributed by atoms with Gasteiger partial charge < -0.3 is 28.7 Å². The fourth-order valence-corrected chi connectivity index (χ4v) is 6.83. The Bertz CT molecular complexity index is 2320. The van der Waals surface area contributed by atoms with E-state index in [9.17, 15) is 19.6 Å². The minimum atomic E-state index is -0.659. The van der Waals surface area contributed by atoms with Crippen molar-refractivity contribution in [1.82, 2.24) is 9.88 Å². The summed E-state index contributed by atoms with van der Waals surface area (Å²) in [6.45, 7) is 4.42. The third-order valence-electron chi connectivity index (χ3n) is 9.67. The molecule has 1 aliphatic rings. The molecule has 1 aromatic heterocycles. The molecule has 0 aliphatic carbocycles. The normalized spacial score (nSPS) is 12.7. The minimum Gasteiger partial charge on any atom is -0.488 e. The van der Waals surface area contributed by atoms with Crippen molar-refractivity contribution < 1.29 is 33.3 Å². The number of aromatic nitrogens is 1. The summed E-state index contributed by atoms with van der Waals surface area (Å²) in [5, 5.41) is 9.45. The molecule has 0 saturated carbocycles. The molecule has 4 aromatic carbocycles. The fraction of sp³-hybridized carbons (Fsp3) is 0.233. The van der Waals surface area contributed by atoms with Crippen LogP contribution in [0.25, 0.3) is 22.3 Å². The largest absolute Gasteiger partial charge is 0.488 e. The Morgan fingerprint density at radius 2 is 1.58 bits per heavy atom. The first-order valence-corrected chi connectivity index (χ1v) is 17.8. The molecule has 2 heterocycles. The van der Waals surface area contributed by atoms with Crippen molar-refractivity contribution in [2.24, 2.45) is 0 Å². The van der Waals surface area contributed by atoms with Gasteiger partial charge in [0.1, 0.15) is 37.3 Å². The van der Waals surface area contributed by atoms with Gasteiger partial charge in [-0.1, -0.05) is 54.1 Å². The van der Waals surface area contributed by atoms with Crippen LogP contribution in [0.4, 0.5) is 5.69 Å². The average Bonchev–Trinajstić information content (AvgIpc) is 3.28. The SMILES string of the molecule is COC(CN1C(=O)CN(C)C(=O)c2cc(-c3cccc(-c4cccc(COc5cc(OCc6cncc(C#N)c6)c(C=O)cc5Cl)c4C)c3C)ccc21)OC. The number of fused-ring (bicyclic) bond motifs is 1. The van der Waals surface area contributed by atoms with E-state index in [1.54, 1.807) is 30.3 Å². The highest BCUT2D eigenvalue weighted by Gasteiger charge is 2.32. The lowest BCUT2D eigenvalue weighted by Crippen LogP contribution is -2.42. The van der Waals surface area contributed by atoms with Crippen molar-refractivity contribution in [2.75, 3.05) is 39.3 Å². The lowest BCUT2D eigenvalue weighted by atomic mass is 9.89. The van der Waals surface area contributed by atoms with E-state index >= 15 is 0 Å². The molecule has 0 N–H and O–H groups in total. The summed E-state index contributed by atoms with van der Waals surface area (Å²) in [4.78, 5) is 45.7. The van der Waals surface area contributed by atoms with E-state index in [1.165, 1.54) is 31.4 Å². The van der Waals surface area contributed by atoms with Crippen LogP contribution < -0.4 is 14.4 Å². The first-order valence-electron chi connectivity index (χ1n) is 17.4. The summed E-state index contributed by atoms with van der Waals surface area (Å²) in [7, 11) is 4.63. The molecule has 1 aliphatic heterocycles. The predicted molar refractivity (Wildman–Crippen MR) is 208 cm³/mol. The second kappa shape index (κ2) is 17.0. The van der Waals surface area contributed by atoms with Gasteiger partial charge >= 0.3 is 0 Å². The molecule has 0 saturated heterocycles. The molecule has 12 heteroatoms. The number of hydrogen-bond acceptors (Lipinski definition) is 9. The van der Waals surface area contributed by atoms with Gasteiger partial charge in [-0.15, -0.1) is 0 Å². The Morgan fingerprint density at radius 1 is 0.873 bits per heavy atom. The van der Waals surface area contributed by atoms with Crippen LogP contribution in [-0.2, 0) is 27.5 Å². The lowest BCUT2D eigenvalue weighted by Gasteiger charge is -2.26. The van der Waals surface area contributed by atoms with Gasteiger partial charge in [0.15, 0.2) is 12.6 Å². The second-order valence-electron chi connectivity index (χ2n) is 13.1. The van der Waals surface area contributed by atoms with Gasteiger partial charge in [-0.3, -0.25) is 19.4 Å². The van der Waals surface area contributed by atoms with Gasteiger partial charge in [0.25, 0.3) is 5.91 Å². The number of carbonyl (C=O) groups is 3. The average molecular weight is 759 g/mol. The predicted octanol–water partition coefficient (Wildman–Crippen LogP) is 7.57. The summed E-state index contributed by atoms with van der Waals surface area (Å²) in [5.41, 5.74) is 8.98. The number of halogens is 1. The van der Waals surface area contributed by atoms with E-state index in [0.29, 0.717) is 34.4 Å². The number of ether oxygens (including phenoxy) is 4. The van der Waals surface area contributed by atoms with E-state index in [4.69, 9.17) is 30.5 Å². The maximum absolute atomic E-state index is 13.6. The fourth-order valence-electron chi connectivity index (χ4n) is 6.60. The van der Waals surface area contributed by atoms with Crippen molar-refractivity contribution in [3.05, 3.63) is 129 Å². The van der Waals surface area contributed by atoms with E-state index in [2.05, 4.69) is 23.2 Å². The highest BCUT2D eigenvalue weighted by Crippen LogP contribution is 2.38. The Balaban J connectivity index is 1.27. The Labute approximate surface area is 324 Å². The van der Waals surface area contributed by atoms with Gasteiger partial charge in [-0.2, -0.15) is 5.26 Å². The number of benzene rings is 4. The zero-order valence-electron chi connectivity index (χ0n) is 31.1. The van der Waals surface area contributed by atoms with E-state index in [-0.39, 0.29) is 54.5 Å². The molecular formula is C43H39ClN4O7. The van der Waals surface area contributed by atoms with E-state index in [1.807, 2.05) is 56.3 Å². The molecule has 2 amide bonds. The zero-order valence-corrected chi connectivity index (χ0v) is 31.8. The van der Waals surface area contributed by atoms with Crippen molar-refractivity contribution in [2.45, 2.75) is 33.4 Å². The molecule has 11 nitrogen and oxygen atoms in total. The number of likely N-dealkylation sites (N-methyl/N-ethyl adjacent to an activating group) is 1. The third-order valence-corrected chi connectivity index (χ3v) is 9.96. The highest BCUT2D eigenvalue weighted by molar-refractivity contribution is 6.32. The van der Waals surface area contributed by atoms with Crippen LogP contribution in [0.2, 0.25) is 5.02 Å². The Kier molecular flexibility index (Phi) is 11.9. The summed E-state index contributed by atoms with van der Waals surface area (Å²) >= 11 is 6.55. The molecule has 6 rings (SSSR count). The van der Waals surface area contributed by atoms with Crippen LogP contribution >= 0.6 is 11.6 Å². The maximum Gasteiger partial charge on any atom is 0.256 e. The van der Waals surface area contributed by atoms with Gasteiger partial charge in [-0.05, 0) is 77.1 Å². The Morgan fingerprint density at radius 3 is 2.31 bits per heavy atom. The molecule has 0 bridgehead atoms. The summed E-state index contributed by atoms with van der Waals surface area (Å²) in [5.74, 6) is 0.149. The molecule has 0 unspecified atom stereocenters. The number of nitriles is 1. The zero-order chi connectivity index (χ0) is 39.2. The number of amides is 2. The molecule has 55 heavy (non-hydrogen) atoms. The number of pyridine rings is 1. The van der Waals surface area contributed by atoms with Crippen LogP contribution in [0.1, 0.15) is 48.5 Å². The van der Waals surface area contributed by atoms with Crippen LogP contribution in [0.5, 0.6) is 11.5 Å². The standard InChI is InChI=1S/C43H39ClN4O7/c1-26-31(25-55-40-17-39(32(23-49)16-37(40)44)54-24-29-14-28(18-45)19-46-20-29)8-6-10-34(26)35-11-7-9-33(27(35)2)30-12-13-38-36(15-30)43(51)47(3)21-41(50)48(38)22-42(52-4)53-5/h6-17,19-20,23,42H,21-22,24-25H2,1-5H3. The molecule has 0 fully saturated rings. The topological polar surface area (TPSA) is 131 Å². The summed E-state index contributed by atoms with van der Waals surface area (Å²) in [6, 6.07) is 24.5. The molecule has 0 spiro atoms. The second-order valence-corrected chi connectivity index (χ2v) is 13.5. The van der Waals surface area contributed by atoms with Crippen LogP contribution in [0.15, 0.2) is 85.2 Å². The molecule has 280 valence electrons. The van der Waals surface area contributed by atoms with Crippen molar-refractivity contribution >= 4 is 35.4 Å². The Hall–Kier alpha value is -6.06. The molecule has 0 radical (unpaired) electrons. The quantitative estimate of drug-likeness (QED) is 0.0882. The monoisotopic (exact) mass is 758 g/mol. The number of anilines is 1. The smallest absolute Gasteiger partial charge is 0.256 e. The van der Waals surface area contributed by atoms with Crippen molar-refractivity contribution in [3.8, 4) is 39.8 Å². The number of rotatable bonds is 13. The molecular weight excluding hydrogens is 720 g/mol. The van der Waals surface area contributed by atoms with Gasteiger partial charge in [0, 0.05) is 45.3 Å². The third kappa shape index (κ3) is 8.22. The van der Waals surface area contributed by atoms with E-state index in [0.717, 1.165) is 38.9 Å². The highest BCUT2D eigenvalue weighted by atomic mass is 35.5. The first-order chi connectivity index (χ1) is 26.6. The number of carbonyl (C=O) groups excluding carboxylic acids is 3. The molecule has 5 aromatic rings. The number of nitrogens with zero attached hydrogens (tertiary/aromatic N) is 4. The van der Waals surface area contributed by atoms with E-state index < -0.39 is 6.29 Å². The van der Waals surface area contributed by atoms with Gasteiger partial charge in [0.05, 0.1) is 33.9 Å². The van der Waals surface area contributed by atoms with Gasteiger partial charge in [0.2, 0.25) is 5.91 Å². The molecule has 0 atom stereocenters. The minimum absolute atomic E-state index is 0.0703. The number of methoxy groups -OCH3 is 2. The number of hydrogen-bond donors (Lipinski definition) is 0. The van der Waals surface area contributed by atoms with Crippen molar-refractivity contribution in [3.63, 3.8) is 0 Å². The maximum atomic E-state index is 13.6. The lowest BCUT2D eigenvalue weighted by molar-refractivity contribution is -0.123. The first kappa shape index (κ1) is 38.7. The van der Waals surface area contributed by atoms with Crippen molar-refractivity contribution in [1.29, 1.82) is 5.26 Å². The number of aldehydes is 1. The van der Waals surface area contributed by atoms with Crippen LogP contribution in [0.3, 0.4) is 0 Å².